The standard InChI is InChI=1S/C17H25BO3/c1-16(2)17(3,4)21-18(20-16)14-6-5-7-15(12-14)19-11-10-13-8-9-13/h5-7,12-13H,8-11H2,1-4H3. The van der Waals surface area contributed by atoms with Crippen LogP contribution in [0.4, 0.5) is 0 Å². The van der Waals surface area contributed by atoms with E-state index in [1.54, 1.807) is 0 Å². The van der Waals surface area contributed by atoms with Gasteiger partial charge in [-0.1, -0.05) is 25.0 Å². The average molecular weight is 288 g/mol. The van der Waals surface area contributed by atoms with Crippen molar-refractivity contribution in [3.05, 3.63) is 24.3 Å². The van der Waals surface area contributed by atoms with Crippen molar-refractivity contribution in [2.45, 2.75) is 58.2 Å². The maximum Gasteiger partial charge on any atom is 0.494 e. The Labute approximate surface area is 128 Å². The average Bonchev–Trinajstić information content (AvgIpc) is 3.18. The Hall–Kier alpha value is -0.995. The summed E-state index contributed by atoms with van der Waals surface area (Å²) < 4.78 is 18.0. The number of rotatable bonds is 5. The van der Waals surface area contributed by atoms with Gasteiger partial charge in [0, 0.05) is 0 Å². The Morgan fingerprint density at radius 1 is 1.14 bits per heavy atom. The van der Waals surface area contributed by atoms with Gasteiger partial charge < -0.3 is 14.0 Å². The monoisotopic (exact) mass is 288 g/mol. The number of hydrogen-bond acceptors (Lipinski definition) is 3. The zero-order valence-electron chi connectivity index (χ0n) is 13.5. The first-order valence-corrected chi connectivity index (χ1v) is 7.96. The summed E-state index contributed by atoms with van der Waals surface area (Å²) in [4.78, 5) is 0. The van der Waals surface area contributed by atoms with Gasteiger partial charge in [-0.25, -0.2) is 0 Å². The largest absolute Gasteiger partial charge is 0.494 e. The van der Waals surface area contributed by atoms with E-state index in [2.05, 4.69) is 27.7 Å². The lowest BCUT2D eigenvalue weighted by atomic mass is 9.79. The van der Waals surface area contributed by atoms with Gasteiger partial charge in [-0.3, -0.25) is 0 Å². The van der Waals surface area contributed by atoms with Gasteiger partial charge in [0.05, 0.1) is 17.8 Å². The zero-order valence-corrected chi connectivity index (χ0v) is 13.5. The van der Waals surface area contributed by atoms with Crippen LogP contribution in [-0.2, 0) is 9.31 Å². The molecule has 0 bridgehead atoms. The summed E-state index contributed by atoms with van der Waals surface area (Å²) in [5.74, 6) is 1.80. The number of hydrogen-bond donors (Lipinski definition) is 0. The molecule has 0 amide bonds. The third-order valence-electron chi connectivity index (χ3n) is 4.88. The summed E-state index contributed by atoms with van der Waals surface area (Å²) in [7, 11) is -0.318. The molecule has 0 N–H and O–H groups in total. The van der Waals surface area contributed by atoms with Crippen molar-refractivity contribution in [3.63, 3.8) is 0 Å². The summed E-state index contributed by atoms with van der Waals surface area (Å²) in [6.07, 6.45) is 3.91. The fourth-order valence-electron chi connectivity index (χ4n) is 2.48. The molecule has 0 unspecified atom stereocenters. The van der Waals surface area contributed by atoms with Crippen LogP contribution in [0.1, 0.15) is 47.0 Å². The minimum absolute atomic E-state index is 0.305. The van der Waals surface area contributed by atoms with Crippen molar-refractivity contribution in [2.24, 2.45) is 5.92 Å². The van der Waals surface area contributed by atoms with Crippen molar-refractivity contribution in [3.8, 4) is 5.75 Å². The van der Waals surface area contributed by atoms with Crippen LogP contribution in [0.25, 0.3) is 0 Å². The number of benzene rings is 1. The second-order valence-electron chi connectivity index (χ2n) is 7.24. The van der Waals surface area contributed by atoms with Crippen molar-refractivity contribution >= 4 is 12.6 Å². The third-order valence-corrected chi connectivity index (χ3v) is 4.88. The van der Waals surface area contributed by atoms with Crippen LogP contribution in [0.15, 0.2) is 24.3 Å². The highest BCUT2D eigenvalue weighted by Crippen LogP contribution is 2.36. The van der Waals surface area contributed by atoms with Gasteiger partial charge in [0.25, 0.3) is 0 Å². The second kappa shape index (κ2) is 5.33. The molecule has 0 aromatic heterocycles. The molecule has 3 rings (SSSR count). The Morgan fingerprint density at radius 2 is 1.81 bits per heavy atom. The summed E-state index contributed by atoms with van der Waals surface area (Å²) in [5, 5.41) is 0. The first-order valence-electron chi connectivity index (χ1n) is 7.96. The van der Waals surface area contributed by atoms with E-state index in [0.717, 1.165) is 23.7 Å². The molecule has 1 aliphatic heterocycles. The lowest BCUT2D eigenvalue weighted by molar-refractivity contribution is 0.00578. The molecule has 114 valence electrons. The molecule has 21 heavy (non-hydrogen) atoms. The van der Waals surface area contributed by atoms with E-state index in [-0.39, 0.29) is 18.3 Å². The summed E-state index contributed by atoms with van der Waals surface area (Å²) in [6, 6.07) is 8.08. The van der Waals surface area contributed by atoms with Crippen LogP contribution in [-0.4, -0.2) is 24.9 Å². The molecule has 1 saturated carbocycles. The maximum atomic E-state index is 6.08. The predicted octanol–water partition coefficient (Wildman–Crippen LogP) is 3.16. The van der Waals surface area contributed by atoms with Crippen molar-refractivity contribution in [2.75, 3.05) is 6.61 Å². The molecular formula is C17H25BO3. The molecule has 3 nitrogen and oxygen atoms in total. The van der Waals surface area contributed by atoms with E-state index in [0.29, 0.717) is 0 Å². The quantitative estimate of drug-likeness (QED) is 0.779. The normalized spacial score (nSPS) is 23.3. The Kier molecular flexibility index (Phi) is 3.79. The topological polar surface area (TPSA) is 27.7 Å². The van der Waals surface area contributed by atoms with Crippen LogP contribution >= 0.6 is 0 Å². The van der Waals surface area contributed by atoms with Gasteiger partial charge in [0.1, 0.15) is 5.75 Å². The molecule has 1 aromatic rings. The highest BCUT2D eigenvalue weighted by Gasteiger charge is 2.51. The van der Waals surface area contributed by atoms with Gasteiger partial charge in [-0.2, -0.15) is 0 Å². The van der Waals surface area contributed by atoms with Gasteiger partial charge >= 0.3 is 7.12 Å². The van der Waals surface area contributed by atoms with E-state index >= 15 is 0 Å². The van der Waals surface area contributed by atoms with Crippen molar-refractivity contribution in [1.29, 1.82) is 0 Å². The maximum absolute atomic E-state index is 6.08. The lowest BCUT2D eigenvalue weighted by Gasteiger charge is -2.32. The van der Waals surface area contributed by atoms with Crippen LogP contribution in [0.3, 0.4) is 0 Å². The van der Waals surface area contributed by atoms with Gasteiger partial charge in [-0.05, 0) is 57.6 Å². The molecule has 2 aliphatic rings. The van der Waals surface area contributed by atoms with Gasteiger partial charge in [-0.15, -0.1) is 0 Å². The van der Waals surface area contributed by atoms with Crippen LogP contribution < -0.4 is 10.2 Å². The molecule has 1 aliphatic carbocycles. The molecule has 1 aromatic carbocycles. The smallest absolute Gasteiger partial charge is 0.494 e. The highest BCUT2D eigenvalue weighted by atomic mass is 16.7. The van der Waals surface area contributed by atoms with E-state index < -0.39 is 0 Å². The minimum atomic E-state index is -0.318. The van der Waals surface area contributed by atoms with Gasteiger partial charge in [0.15, 0.2) is 0 Å². The third kappa shape index (κ3) is 3.27. The van der Waals surface area contributed by atoms with E-state index in [9.17, 15) is 0 Å². The fraction of sp³-hybridized carbons (Fsp3) is 0.647. The minimum Gasteiger partial charge on any atom is -0.494 e. The molecule has 4 heteroatoms. The highest BCUT2D eigenvalue weighted by molar-refractivity contribution is 6.62. The Balaban J connectivity index is 1.65. The molecule has 0 atom stereocenters. The Bertz CT molecular complexity index is 493. The zero-order chi connectivity index (χ0) is 15.1. The first-order chi connectivity index (χ1) is 9.87. The molecule has 1 heterocycles. The van der Waals surface area contributed by atoms with E-state index in [1.807, 2.05) is 24.3 Å². The first kappa shape index (κ1) is 14.9. The second-order valence-corrected chi connectivity index (χ2v) is 7.24. The predicted molar refractivity (Wildman–Crippen MR) is 85.0 cm³/mol. The molecular weight excluding hydrogens is 263 g/mol. The summed E-state index contributed by atoms with van der Waals surface area (Å²) in [5.41, 5.74) is 0.415. The van der Waals surface area contributed by atoms with Crippen molar-refractivity contribution < 1.29 is 14.0 Å². The van der Waals surface area contributed by atoms with Crippen LogP contribution in [0, 0.1) is 5.92 Å². The van der Waals surface area contributed by atoms with Crippen LogP contribution in [0.5, 0.6) is 5.75 Å². The Morgan fingerprint density at radius 3 is 2.43 bits per heavy atom. The molecule has 2 fully saturated rings. The SMILES string of the molecule is CC1(C)OB(c2cccc(OCCC3CC3)c2)OC1(C)C. The summed E-state index contributed by atoms with van der Waals surface area (Å²) in [6.45, 7) is 9.09. The fourth-order valence-corrected chi connectivity index (χ4v) is 2.48. The summed E-state index contributed by atoms with van der Waals surface area (Å²) >= 11 is 0. The molecule has 0 radical (unpaired) electrons. The van der Waals surface area contributed by atoms with Gasteiger partial charge in [0.2, 0.25) is 0 Å². The molecule has 0 spiro atoms. The lowest BCUT2D eigenvalue weighted by Crippen LogP contribution is -2.41. The van der Waals surface area contributed by atoms with Crippen LogP contribution in [0.2, 0.25) is 0 Å². The van der Waals surface area contributed by atoms with E-state index in [1.165, 1.54) is 19.3 Å². The van der Waals surface area contributed by atoms with E-state index in [4.69, 9.17) is 14.0 Å². The van der Waals surface area contributed by atoms with Crippen molar-refractivity contribution in [1.82, 2.24) is 0 Å². The number of ether oxygens (including phenoxy) is 1. The molecule has 1 saturated heterocycles.